The molecule has 0 aliphatic carbocycles. The predicted molar refractivity (Wildman–Crippen MR) is 82.7 cm³/mol. The Morgan fingerprint density at radius 2 is 1.90 bits per heavy atom. The van der Waals surface area contributed by atoms with E-state index >= 15 is 0 Å². The summed E-state index contributed by atoms with van der Waals surface area (Å²) in [5, 5.41) is 11.9. The van der Waals surface area contributed by atoms with Crippen LogP contribution in [0.15, 0.2) is 36.4 Å². The minimum Gasteiger partial charge on any atom is -0.313 e. The van der Waals surface area contributed by atoms with E-state index < -0.39 is 0 Å². The molecule has 0 bridgehead atoms. The van der Waals surface area contributed by atoms with Gasteiger partial charge in [-0.15, -0.1) is 0 Å². The van der Waals surface area contributed by atoms with Gasteiger partial charge in [-0.3, -0.25) is 0 Å². The van der Waals surface area contributed by atoms with Gasteiger partial charge in [-0.25, -0.2) is 0 Å². The highest BCUT2D eigenvalue weighted by Gasteiger charge is 2.14. The fourth-order valence-corrected chi connectivity index (χ4v) is 2.52. The lowest BCUT2D eigenvalue weighted by molar-refractivity contribution is 0.539. The summed E-state index contributed by atoms with van der Waals surface area (Å²) in [7, 11) is 2.02. The zero-order chi connectivity index (χ0) is 14.4. The van der Waals surface area contributed by atoms with Gasteiger partial charge >= 0.3 is 0 Å². The van der Waals surface area contributed by atoms with Crippen molar-refractivity contribution in [2.45, 2.75) is 39.2 Å². The van der Waals surface area contributed by atoms with Crippen LogP contribution in [0.5, 0.6) is 0 Å². The molecule has 1 aromatic carbocycles. The lowest BCUT2D eigenvalue weighted by atomic mass is 9.97. The maximum atomic E-state index is 4.33. The Bertz CT molecular complexity index is 537. The zero-order valence-corrected chi connectivity index (χ0v) is 12.6. The van der Waals surface area contributed by atoms with Crippen LogP contribution in [-0.4, -0.2) is 17.2 Å². The number of aryl methyl sites for hydroxylation is 3. The third-order valence-electron chi connectivity index (χ3n) is 3.65. The fourth-order valence-electron chi connectivity index (χ4n) is 2.52. The third kappa shape index (κ3) is 3.64. The molecule has 3 nitrogen and oxygen atoms in total. The molecular formula is C17H23N3. The Morgan fingerprint density at radius 1 is 1.15 bits per heavy atom. The maximum absolute atomic E-state index is 4.33. The number of nitrogens with zero attached hydrogens (tertiary/aromatic N) is 2. The highest BCUT2D eigenvalue weighted by molar-refractivity contribution is 5.25. The number of aromatic nitrogens is 2. The van der Waals surface area contributed by atoms with Crippen LogP contribution in [0.3, 0.4) is 0 Å². The second-order valence-electron chi connectivity index (χ2n) is 5.11. The van der Waals surface area contributed by atoms with Crippen molar-refractivity contribution in [1.29, 1.82) is 0 Å². The monoisotopic (exact) mass is 269 g/mol. The van der Waals surface area contributed by atoms with Crippen molar-refractivity contribution < 1.29 is 0 Å². The molecule has 20 heavy (non-hydrogen) atoms. The minimum atomic E-state index is 0.333. The van der Waals surface area contributed by atoms with Crippen molar-refractivity contribution in [1.82, 2.24) is 15.5 Å². The second-order valence-corrected chi connectivity index (χ2v) is 5.11. The van der Waals surface area contributed by atoms with Gasteiger partial charge in [0.25, 0.3) is 0 Å². The van der Waals surface area contributed by atoms with Gasteiger partial charge in [0.1, 0.15) is 0 Å². The minimum absolute atomic E-state index is 0.333. The first-order valence-electron chi connectivity index (χ1n) is 7.29. The fraction of sp³-hybridized carbons (Fsp3) is 0.412. The maximum Gasteiger partial charge on any atom is 0.0676 e. The van der Waals surface area contributed by atoms with Gasteiger partial charge in [-0.1, -0.05) is 37.3 Å². The van der Waals surface area contributed by atoms with E-state index in [1.807, 2.05) is 14.0 Å². The number of rotatable bonds is 6. The van der Waals surface area contributed by atoms with Gasteiger partial charge in [-0.05, 0) is 50.4 Å². The summed E-state index contributed by atoms with van der Waals surface area (Å²) in [4.78, 5) is 0. The van der Waals surface area contributed by atoms with Gasteiger partial charge in [0.15, 0.2) is 0 Å². The highest BCUT2D eigenvalue weighted by Crippen LogP contribution is 2.22. The van der Waals surface area contributed by atoms with Crippen LogP contribution >= 0.6 is 0 Å². The van der Waals surface area contributed by atoms with E-state index in [-0.39, 0.29) is 0 Å². The Balaban J connectivity index is 2.14. The molecule has 2 aromatic rings. The molecule has 1 aromatic heterocycles. The molecule has 1 heterocycles. The van der Waals surface area contributed by atoms with Gasteiger partial charge in [0.05, 0.1) is 11.4 Å². The lowest BCUT2D eigenvalue weighted by Crippen LogP contribution is -2.20. The van der Waals surface area contributed by atoms with Gasteiger partial charge in [-0.2, -0.15) is 10.2 Å². The Morgan fingerprint density at radius 3 is 2.55 bits per heavy atom. The zero-order valence-electron chi connectivity index (χ0n) is 12.6. The van der Waals surface area contributed by atoms with Crippen LogP contribution in [0.2, 0.25) is 0 Å². The van der Waals surface area contributed by atoms with E-state index in [9.17, 15) is 0 Å². The SMILES string of the molecule is CCc1nnc(C)cc1C(CCc1ccccc1)NC. The molecule has 106 valence electrons. The molecule has 0 saturated heterocycles. The summed E-state index contributed by atoms with van der Waals surface area (Å²) >= 11 is 0. The Hall–Kier alpha value is -1.74. The topological polar surface area (TPSA) is 37.8 Å². The van der Waals surface area contributed by atoms with Gasteiger partial charge in [0.2, 0.25) is 0 Å². The summed E-state index contributed by atoms with van der Waals surface area (Å²) in [5.74, 6) is 0. The quantitative estimate of drug-likeness (QED) is 0.875. The predicted octanol–water partition coefficient (Wildman–Crippen LogP) is 3.24. The molecule has 0 radical (unpaired) electrons. The van der Waals surface area contributed by atoms with E-state index in [0.29, 0.717) is 6.04 Å². The highest BCUT2D eigenvalue weighted by atomic mass is 15.1. The van der Waals surface area contributed by atoms with E-state index in [0.717, 1.165) is 30.7 Å². The summed E-state index contributed by atoms with van der Waals surface area (Å²) in [5.41, 5.74) is 4.75. The average molecular weight is 269 g/mol. The first kappa shape index (κ1) is 14.7. The molecule has 0 amide bonds. The van der Waals surface area contributed by atoms with Crippen molar-refractivity contribution in [3.63, 3.8) is 0 Å². The molecule has 1 N–H and O–H groups in total. The first-order chi connectivity index (χ1) is 9.74. The Labute approximate surface area is 121 Å². The van der Waals surface area contributed by atoms with E-state index in [2.05, 4.69) is 58.8 Å². The molecule has 2 rings (SSSR count). The smallest absolute Gasteiger partial charge is 0.0676 e. The average Bonchev–Trinajstić information content (AvgIpc) is 2.49. The van der Waals surface area contributed by atoms with Crippen LogP contribution in [0.4, 0.5) is 0 Å². The van der Waals surface area contributed by atoms with Crippen LogP contribution in [-0.2, 0) is 12.8 Å². The molecule has 0 spiro atoms. The molecule has 0 saturated carbocycles. The molecule has 0 aliphatic rings. The van der Waals surface area contributed by atoms with Crippen LogP contribution < -0.4 is 5.32 Å². The number of nitrogens with one attached hydrogen (secondary N) is 1. The lowest BCUT2D eigenvalue weighted by Gasteiger charge is -2.19. The van der Waals surface area contributed by atoms with E-state index in [4.69, 9.17) is 0 Å². The van der Waals surface area contributed by atoms with Crippen molar-refractivity contribution in [3.8, 4) is 0 Å². The van der Waals surface area contributed by atoms with E-state index in [1.54, 1.807) is 0 Å². The van der Waals surface area contributed by atoms with Crippen molar-refractivity contribution >= 4 is 0 Å². The first-order valence-corrected chi connectivity index (χ1v) is 7.29. The number of hydrogen-bond donors (Lipinski definition) is 1. The molecule has 3 heteroatoms. The summed E-state index contributed by atoms with van der Waals surface area (Å²) in [6.45, 7) is 4.13. The molecule has 1 atom stereocenters. The van der Waals surface area contributed by atoms with Crippen molar-refractivity contribution in [2.24, 2.45) is 0 Å². The molecular weight excluding hydrogens is 246 g/mol. The summed E-state index contributed by atoms with van der Waals surface area (Å²) in [6, 6.07) is 13.1. The van der Waals surface area contributed by atoms with Crippen molar-refractivity contribution in [3.05, 3.63) is 58.9 Å². The summed E-state index contributed by atoms with van der Waals surface area (Å²) < 4.78 is 0. The number of hydrogen-bond acceptors (Lipinski definition) is 3. The van der Waals surface area contributed by atoms with Crippen molar-refractivity contribution in [2.75, 3.05) is 7.05 Å². The van der Waals surface area contributed by atoms with Crippen LogP contribution in [0, 0.1) is 6.92 Å². The van der Waals surface area contributed by atoms with Crippen LogP contribution in [0.25, 0.3) is 0 Å². The molecule has 0 aliphatic heterocycles. The largest absolute Gasteiger partial charge is 0.313 e. The van der Waals surface area contributed by atoms with Gasteiger partial charge < -0.3 is 5.32 Å². The molecule has 1 unspecified atom stereocenters. The normalized spacial score (nSPS) is 12.3. The number of benzene rings is 1. The third-order valence-corrected chi connectivity index (χ3v) is 3.65. The summed E-state index contributed by atoms with van der Waals surface area (Å²) in [6.07, 6.45) is 3.06. The molecule has 0 fully saturated rings. The van der Waals surface area contributed by atoms with E-state index in [1.165, 1.54) is 11.1 Å². The standard InChI is InChI=1S/C17H23N3/c1-4-16-15(12-13(2)19-20-16)17(18-3)11-10-14-8-6-5-7-9-14/h5-9,12,17-18H,4,10-11H2,1-3H3. The van der Waals surface area contributed by atoms with Gasteiger partial charge in [0, 0.05) is 6.04 Å². The van der Waals surface area contributed by atoms with Crippen LogP contribution in [0.1, 0.15) is 41.9 Å². The second kappa shape index (κ2) is 7.15. The Kier molecular flexibility index (Phi) is 5.24.